The van der Waals surface area contributed by atoms with Crippen molar-refractivity contribution in [1.29, 1.82) is 0 Å². The van der Waals surface area contributed by atoms with E-state index in [1.54, 1.807) is 0 Å². The normalized spacial score (nSPS) is 20.8. The van der Waals surface area contributed by atoms with E-state index in [1.165, 1.54) is 0 Å². The van der Waals surface area contributed by atoms with Crippen LogP contribution in [0.15, 0.2) is 18.2 Å². The number of nitrogens with zero attached hydrogens (tertiary/aromatic N) is 1. The Labute approximate surface area is 106 Å². The Morgan fingerprint density at radius 3 is 2.94 bits per heavy atom. The van der Waals surface area contributed by atoms with Gasteiger partial charge in [-0.1, -0.05) is 17.7 Å². The van der Waals surface area contributed by atoms with Crippen LogP contribution in [0.1, 0.15) is 12.0 Å². The van der Waals surface area contributed by atoms with Crippen molar-refractivity contribution in [2.75, 3.05) is 20.1 Å². The zero-order chi connectivity index (χ0) is 12.3. The van der Waals surface area contributed by atoms with E-state index < -0.39 is 0 Å². The number of hydrogen-bond donors (Lipinski definition) is 1. The highest BCUT2D eigenvalue weighted by Gasteiger charge is 2.21. The van der Waals surface area contributed by atoms with E-state index in [4.69, 9.17) is 22.2 Å². The molecule has 1 aliphatic heterocycles. The second kappa shape index (κ2) is 5.69. The zero-order valence-electron chi connectivity index (χ0n) is 9.86. The van der Waals surface area contributed by atoms with E-state index in [0.29, 0.717) is 11.6 Å². The summed E-state index contributed by atoms with van der Waals surface area (Å²) in [7, 11) is 2.09. The summed E-state index contributed by atoms with van der Waals surface area (Å²) in [5.41, 5.74) is 0.938. The summed E-state index contributed by atoms with van der Waals surface area (Å²) in [6.45, 7) is 2.37. The van der Waals surface area contributed by atoms with E-state index in [-0.39, 0.29) is 6.10 Å². The third-order valence-corrected chi connectivity index (χ3v) is 3.18. The lowest BCUT2D eigenvalue weighted by atomic mass is 10.2. The van der Waals surface area contributed by atoms with Crippen LogP contribution in [0.4, 0.5) is 0 Å². The number of likely N-dealkylation sites (tertiary alicyclic amines) is 1. The maximum absolute atomic E-state index is 6.14. The third-order valence-electron chi connectivity index (χ3n) is 2.89. The van der Waals surface area contributed by atoms with Crippen LogP contribution in [0.5, 0.6) is 5.75 Å². The van der Waals surface area contributed by atoms with Gasteiger partial charge in [0.25, 0.3) is 0 Å². The van der Waals surface area contributed by atoms with Gasteiger partial charge in [-0.25, -0.2) is 5.90 Å². The molecule has 0 amide bonds. The highest BCUT2D eigenvalue weighted by molar-refractivity contribution is 6.32. The van der Waals surface area contributed by atoms with Crippen LogP contribution >= 0.6 is 11.6 Å². The van der Waals surface area contributed by atoms with Crippen LogP contribution < -0.4 is 10.6 Å². The monoisotopic (exact) mass is 256 g/mol. The first-order chi connectivity index (χ1) is 8.19. The quantitative estimate of drug-likeness (QED) is 0.835. The summed E-state index contributed by atoms with van der Waals surface area (Å²) in [4.78, 5) is 6.81. The second-order valence-electron chi connectivity index (χ2n) is 4.37. The number of rotatable bonds is 4. The van der Waals surface area contributed by atoms with Crippen LogP contribution in [0.2, 0.25) is 5.02 Å². The van der Waals surface area contributed by atoms with E-state index >= 15 is 0 Å². The van der Waals surface area contributed by atoms with Gasteiger partial charge in [0.2, 0.25) is 0 Å². The molecule has 0 aliphatic carbocycles. The summed E-state index contributed by atoms with van der Waals surface area (Å²) in [6, 6.07) is 5.60. The molecule has 1 saturated heterocycles. The molecule has 5 heteroatoms. The highest BCUT2D eigenvalue weighted by atomic mass is 35.5. The summed E-state index contributed by atoms with van der Waals surface area (Å²) in [5, 5.41) is 0.606. The van der Waals surface area contributed by atoms with Crippen molar-refractivity contribution in [3.05, 3.63) is 28.8 Å². The summed E-state index contributed by atoms with van der Waals surface area (Å²) >= 11 is 6.14. The number of hydrogen-bond acceptors (Lipinski definition) is 4. The van der Waals surface area contributed by atoms with Crippen LogP contribution in [-0.4, -0.2) is 31.1 Å². The van der Waals surface area contributed by atoms with Crippen molar-refractivity contribution in [1.82, 2.24) is 4.90 Å². The zero-order valence-corrected chi connectivity index (χ0v) is 10.6. The van der Waals surface area contributed by atoms with Crippen LogP contribution in [0.25, 0.3) is 0 Å². The Kier molecular flexibility index (Phi) is 4.23. The molecule has 0 spiro atoms. The average Bonchev–Trinajstić information content (AvgIpc) is 2.69. The van der Waals surface area contributed by atoms with Gasteiger partial charge in [-0.05, 0) is 31.2 Å². The minimum Gasteiger partial charge on any atom is -0.487 e. The average molecular weight is 257 g/mol. The van der Waals surface area contributed by atoms with Gasteiger partial charge in [0.15, 0.2) is 0 Å². The number of halogens is 1. The van der Waals surface area contributed by atoms with Gasteiger partial charge in [0, 0.05) is 13.1 Å². The molecule has 1 fully saturated rings. The molecule has 0 aromatic heterocycles. The van der Waals surface area contributed by atoms with Crippen molar-refractivity contribution in [2.24, 2.45) is 5.90 Å². The highest BCUT2D eigenvalue weighted by Crippen LogP contribution is 2.28. The standard InChI is InChI=1S/C12H17ClN2O2/c1-15-5-4-10(7-15)17-12-3-2-9(8-16-14)6-11(12)13/h2-3,6,10H,4-5,7-8,14H2,1H3. The maximum Gasteiger partial charge on any atom is 0.138 e. The molecule has 1 aromatic carbocycles. The number of ether oxygens (including phenoxy) is 1. The second-order valence-corrected chi connectivity index (χ2v) is 4.77. The summed E-state index contributed by atoms with van der Waals surface area (Å²) < 4.78 is 5.86. The molecule has 0 saturated carbocycles. The molecule has 1 heterocycles. The van der Waals surface area contributed by atoms with Gasteiger partial charge < -0.3 is 9.64 Å². The van der Waals surface area contributed by atoms with Crippen molar-refractivity contribution in [2.45, 2.75) is 19.1 Å². The van der Waals surface area contributed by atoms with Gasteiger partial charge in [0.1, 0.15) is 11.9 Å². The Hall–Kier alpha value is -0.810. The molecule has 1 atom stereocenters. The minimum absolute atomic E-state index is 0.231. The van der Waals surface area contributed by atoms with E-state index in [9.17, 15) is 0 Å². The molecule has 94 valence electrons. The Balaban J connectivity index is 2.01. The van der Waals surface area contributed by atoms with Gasteiger partial charge >= 0.3 is 0 Å². The van der Waals surface area contributed by atoms with E-state index in [1.807, 2.05) is 18.2 Å². The van der Waals surface area contributed by atoms with Crippen molar-refractivity contribution < 1.29 is 9.57 Å². The van der Waals surface area contributed by atoms with Crippen LogP contribution in [-0.2, 0) is 11.4 Å². The van der Waals surface area contributed by atoms with E-state index in [2.05, 4.69) is 16.8 Å². The first-order valence-corrected chi connectivity index (χ1v) is 6.02. The van der Waals surface area contributed by atoms with Crippen molar-refractivity contribution in [3.63, 3.8) is 0 Å². The molecular weight excluding hydrogens is 240 g/mol. The molecule has 4 nitrogen and oxygen atoms in total. The molecule has 1 aliphatic rings. The fourth-order valence-corrected chi connectivity index (χ4v) is 2.24. The summed E-state index contributed by atoms with van der Waals surface area (Å²) in [6.07, 6.45) is 1.27. The topological polar surface area (TPSA) is 47.7 Å². The third kappa shape index (κ3) is 3.33. The first kappa shape index (κ1) is 12.6. The van der Waals surface area contributed by atoms with Gasteiger partial charge in [-0.3, -0.25) is 4.84 Å². The van der Waals surface area contributed by atoms with E-state index in [0.717, 1.165) is 30.8 Å². The minimum atomic E-state index is 0.231. The first-order valence-electron chi connectivity index (χ1n) is 5.64. The SMILES string of the molecule is CN1CCC(Oc2ccc(CON)cc2Cl)C1. The molecule has 17 heavy (non-hydrogen) atoms. The molecule has 2 N–H and O–H groups in total. The van der Waals surface area contributed by atoms with Crippen molar-refractivity contribution >= 4 is 11.6 Å². The largest absolute Gasteiger partial charge is 0.487 e. The van der Waals surface area contributed by atoms with Crippen LogP contribution in [0, 0.1) is 0 Å². The fourth-order valence-electron chi connectivity index (χ4n) is 2.00. The number of likely N-dealkylation sites (N-methyl/N-ethyl adjacent to an activating group) is 1. The predicted octanol–water partition coefficient (Wildman–Crippen LogP) is 1.81. The lowest BCUT2D eigenvalue weighted by Gasteiger charge is -2.15. The van der Waals surface area contributed by atoms with Gasteiger partial charge in [0.05, 0.1) is 11.6 Å². The van der Waals surface area contributed by atoms with Gasteiger partial charge in [-0.15, -0.1) is 0 Å². The smallest absolute Gasteiger partial charge is 0.138 e. The predicted molar refractivity (Wildman–Crippen MR) is 67.0 cm³/mol. The van der Waals surface area contributed by atoms with Crippen LogP contribution in [0.3, 0.4) is 0 Å². The Morgan fingerprint density at radius 1 is 1.53 bits per heavy atom. The molecule has 0 radical (unpaired) electrons. The Morgan fingerprint density at radius 2 is 2.35 bits per heavy atom. The fraction of sp³-hybridized carbons (Fsp3) is 0.500. The molecule has 1 unspecified atom stereocenters. The lowest BCUT2D eigenvalue weighted by Crippen LogP contribution is -2.21. The molecule has 2 rings (SSSR count). The lowest BCUT2D eigenvalue weighted by molar-refractivity contribution is 0.124. The molecule has 0 bridgehead atoms. The van der Waals surface area contributed by atoms with Gasteiger partial charge in [-0.2, -0.15) is 0 Å². The molecular formula is C12H17ClN2O2. The van der Waals surface area contributed by atoms with Crippen molar-refractivity contribution in [3.8, 4) is 5.75 Å². The maximum atomic E-state index is 6.14. The molecule has 1 aromatic rings. The Bertz CT molecular complexity index is 387. The number of benzene rings is 1. The number of nitrogens with two attached hydrogens (primary N) is 1. The summed E-state index contributed by atoms with van der Waals surface area (Å²) in [5.74, 6) is 5.75.